The molecule has 2 fully saturated rings. The normalized spacial score (nSPS) is 25.5. The van der Waals surface area contributed by atoms with Crippen LogP contribution >= 0.6 is 0 Å². The van der Waals surface area contributed by atoms with Crippen molar-refractivity contribution in [2.75, 3.05) is 19.8 Å². The molecule has 9 N–H and O–H groups in total. The summed E-state index contributed by atoms with van der Waals surface area (Å²) in [6.45, 7) is 2.63. The van der Waals surface area contributed by atoms with Gasteiger partial charge in [-0.05, 0) is 57.8 Å². The monoisotopic (exact) mass is 1060 g/mol. The highest BCUT2D eigenvalue weighted by molar-refractivity contribution is 5.76. The van der Waals surface area contributed by atoms with E-state index in [9.17, 15) is 45.6 Å². The molecule has 0 saturated carbocycles. The van der Waals surface area contributed by atoms with E-state index in [-0.39, 0.29) is 18.9 Å². The fourth-order valence-corrected chi connectivity index (χ4v) is 9.64. The van der Waals surface area contributed by atoms with Gasteiger partial charge in [0.15, 0.2) is 12.6 Å². The van der Waals surface area contributed by atoms with E-state index in [0.29, 0.717) is 6.42 Å². The topological polar surface area (TPSA) is 228 Å². The summed E-state index contributed by atoms with van der Waals surface area (Å²) < 4.78 is 22.7. The van der Waals surface area contributed by atoms with Gasteiger partial charge in [0, 0.05) is 6.42 Å². The van der Waals surface area contributed by atoms with Crippen molar-refractivity contribution in [1.82, 2.24) is 5.32 Å². The van der Waals surface area contributed by atoms with Crippen LogP contribution in [0.5, 0.6) is 0 Å². The van der Waals surface area contributed by atoms with Crippen molar-refractivity contribution in [2.24, 2.45) is 0 Å². The first kappa shape index (κ1) is 68.8. The minimum Gasteiger partial charge on any atom is -0.394 e. The van der Waals surface area contributed by atoms with Crippen molar-refractivity contribution >= 4 is 5.91 Å². The van der Waals surface area contributed by atoms with Gasteiger partial charge in [0.25, 0.3) is 0 Å². The maximum atomic E-state index is 13.2. The number of carbonyl (C=O) groups excluding carboxylic acids is 1. The first-order chi connectivity index (χ1) is 36.6. The van der Waals surface area contributed by atoms with Crippen LogP contribution in [0.25, 0.3) is 0 Å². The van der Waals surface area contributed by atoms with Gasteiger partial charge in [0.1, 0.15) is 48.8 Å². The van der Waals surface area contributed by atoms with Gasteiger partial charge in [-0.2, -0.15) is 0 Å². The number of nitrogens with one attached hydrogen (secondary N) is 1. The number of carbonyl (C=O) groups is 1. The number of unbranched alkanes of at least 4 members (excludes halogenated alkanes) is 26. The highest BCUT2D eigenvalue weighted by atomic mass is 16.7. The molecule has 2 heterocycles. The molecule has 2 aliphatic heterocycles. The van der Waals surface area contributed by atoms with E-state index in [1.54, 1.807) is 6.08 Å². The Kier molecular flexibility index (Phi) is 42.7. The first-order valence-electron chi connectivity index (χ1n) is 30.0. The number of allylic oxidation sites excluding steroid dienone is 9. The van der Waals surface area contributed by atoms with Crippen LogP contribution in [-0.4, -0.2) is 140 Å². The third kappa shape index (κ3) is 32.4. The first-order valence-corrected chi connectivity index (χ1v) is 30.0. The maximum Gasteiger partial charge on any atom is 0.220 e. The molecular formula is C61H109NO13. The average molecular weight is 1060 g/mol. The molecule has 2 rings (SSSR count). The Bertz CT molecular complexity index is 1490. The van der Waals surface area contributed by atoms with Crippen LogP contribution in [0.2, 0.25) is 0 Å². The van der Waals surface area contributed by atoms with E-state index in [0.717, 1.165) is 70.6 Å². The minimum atomic E-state index is -1.79. The Labute approximate surface area is 454 Å². The Morgan fingerprint density at radius 3 is 1.41 bits per heavy atom. The Morgan fingerprint density at radius 1 is 0.493 bits per heavy atom. The summed E-state index contributed by atoms with van der Waals surface area (Å²) >= 11 is 0. The summed E-state index contributed by atoms with van der Waals surface area (Å²) in [4.78, 5) is 13.2. The Morgan fingerprint density at radius 2 is 0.920 bits per heavy atom. The van der Waals surface area contributed by atoms with Gasteiger partial charge >= 0.3 is 0 Å². The highest BCUT2D eigenvalue weighted by Crippen LogP contribution is 2.30. The molecule has 0 bridgehead atoms. The van der Waals surface area contributed by atoms with E-state index >= 15 is 0 Å². The second-order valence-corrected chi connectivity index (χ2v) is 21.1. The minimum absolute atomic E-state index is 0.242. The van der Waals surface area contributed by atoms with Crippen molar-refractivity contribution in [3.8, 4) is 0 Å². The van der Waals surface area contributed by atoms with Crippen LogP contribution in [0, 0.1) is 0 Å². The Balaban J connectivity index is 1.58. The van der Waals surface area contributed by atoms with Crippen molar-refractivity contribution < 1.29 is 64.6 Å². The molecule has 2 saturated heterocycles. The summed E-state index contributed by atoms with van der Waals surface area (Å²) in [5.74, 6) is -0.242. The molecule has 14 nitrogen and oxygen atoms in total. The highest BCUT2D eigenvalue weighted by Gasteiger charge is 2.51. The fraction of sp³-hybridized carbons (Fsp3) is 0.820. The van der Waals surface area contributed by atoms with Crippen molar-refractivity contribution in [1.29, 1.82) is 0 Å². The van der Waals surface area contributed by atoms with Crippen LogP contribution < -0.4 is 5.32 Å². The van der Waals surface area contributed by atoms with Gasteiger partial charge in [-0.15, -0.1) is 0 Å². The van der Waals surface area contributed by atoms with Crippen LogP contribution in [0.4, 0.5) is 0 Å². The third-order valence-electron chi connectivity index (χ3n) is 14.5. The molecule has 12 atom stereocenters. The molecule has 14 heteroatoms. The molecule has 12 unspecified atom stereocenters. The van der Waals surface area contributed by atoms with E-state index in [1.807, 2.05) is 6.08 Å². The molecule has 75 heavy (non-hydrogen) atoms. The number of ether oxygens (including phenoxy) is 4. The van der Waals surface area contributed by atoms with Crippen LogP contribution in [-0.2, 0) is 23.7 Å². The second-order valence-electron chi connectivity index (χ2n) is 21.1. The molecular weight excluding hydrogens is 955 g/mol. The average Bonchev–Trinajstić information content (AvgIpc) is 3.41. The standard InChI is InChI=1S/C61H109NO13/c1-3-5-7-9-11-13-14-15-16-17-18-19-20-21-22-23-24-25-26-27-28-29-30-31-32-33-34-35-36-37-39-41-43-45-53(66)62-49(50(65)44-42-40-38-12-10-8-6-4-2)48-72-60-58(71)56(69)59(52(47-64)74-60)75-61-57(70)55(68)54(67)51(46-63)73-61/h5,7,11,13,15-16,18-19,42,44,49-52,54-61,63-65,67-71H,3-4,6,8-10,12,14,17,20-41,43,45-48H2,1-2H3,(H,62,66)/b7-5-,13-11-,16-15-,19-18-,44-42+. The predicted molar refractivity (Wildman–Crippen MR) is 300 cm³/mol. The van der Waals surface area contributed by atoms with Crippen molar-refractivity contribution in [2.45, 2.75) is 299 Å². The molecule has 0 spiro atoms. The van der Waals surface area contributed by atoms with E-state index in [4.69, 9.17) is 18.9 Å². The quantitative estimate of drug-likeness (QED) is 0.0204. The summed E-state index contributed by atoms with van der Waals surface area (Å²) in [6.07, 6.45) is 43.1. The van der Waals surface area contributed by atoms with Crippen LogP contribution in [0.15, 0.2) is 60.8 Å². The van der Waals surface area contributed by atoms with Crippen molar-refractivity contribution in [3.05, 3.63) is 60.8 Å². The molecule has 2 aliphatic rings. The fourth-order valence-electron chi connectivity index (χ4n) is 9.64. The molecule has 0 aliphatic carbocycles. The summed E-state index contributed by atoms with van der Waals surface area (Å²) in [5, 5.41) is 86.7. The Hall–Kier alpha value is -2.31. The van der Waals surface area contributed by atoms with Gasteiger partial charge in [-0.1, -0.05) is 222 Å². The SMILES string of the molecule is CC/C=C\C/C=C\C/C=C\C/C=C\CCCCCCCCCCCCCCCCCCCCCCC(=O)NC(COC1OC(CO)C(OC2OC(CO)C(O)C(O)C2O)C(O)C1O)C(O)/C=C/CCCCCCCC. The van der Waals surface area contributed by atoms with E-state index in [2.05, 4.69) is 67.8 Å². The van der Waals surface area contributed by atoms with Crippen LogP contribution in [0.3, 0.4) is 0 Å². The summed E-state index contributed by atoms with van der Waals surface area (Å²) in [6, 6.07) is -0.912. The number of amides is 1. The van der Waals surface area contributed by atoms with E-state index < -0.39 is 86.8 Å². The number of hydrogen-bond donors (Lipinski definition) is 9. The number of rotatable bonds is 47. The molecule has 0 aromatic rings. The predicted octanol–water partition coefficient (Wildman–Crippen LogP) is 10.2. The molecule has 1 amide bonds. The largest absolute Gasteiger partial charge is 0.394 e. The zero-order chi connectivity index (χ0) is 54.6. The van der Waals surface area contributed by atoms with Gasteiger partial charge in [0.2, 0.25) is 5.91 Å². The molecule has 436 valence electrons. The second kappa shape index (κ2) is 46.6. The lowest BCUT2D eigenvalue weighted by Gasteiger charge is -2.46. The molecule has 0 radical (unpaired) electrons. The third-order valence-corrected chi connectivity index (χ3v) is 14.5. The van der Waals surface area contributed by atoms with Gasteiger partial charge in [0.05, 0.1) is 32.0 Å². The summed E-state index contributed by atoms with van der Waals surface area (Å²) in [7, 11) is 0. The lowest BCUT2D eigenvalue weighted by Crippen LogP contribution is -2.65. The van der Waals surface area contributed by atoms with Gasteiger partial charge in [-0.3, -0.25) is 4.79 Å². The zero-order valence-corrected chi connectivity index (χ0v) is 46.8. The lowest BCUT2D eigenvalue weighted by molar-refractivity contribution is -0.359. The van der Waals surface area contributed by atoms with E-state index in [1.165, 1.54) is 128 Å². The molecule has 0 aromatic carbocycles. The molecule has 0 aromatic heterocycles. The number of aliphatic hydroxyl groups is 8. The van der Waals surface area contributed by atoms with Gasteiger partial charge < -0.3 is 65.1 Å². The maximum absolute atomic E-state index is 13.2. The smallest absolute Gasteiger partial charge is 0.220 e. The zero-order valence-electron chi connectivity index (χ0n) is 46.8. The van der Waals surface area contributed by atoms with Gasteiger partial charge in [-0.25, -0.2) is 0 Å². The number of hydrogen-bond acceptors (Lipinski definition) is 13. The lowest BCUT2D eigenvalue weighted by atomic mass is 9.97. The van der Waals surface area contributed by atoms with Crippen LogP contribution in [0.1, 0.15) is 226 Å². The number of aliphatic hydroxyl groups excluding tert-OH is 8. The van der Waals surface area contributed by atoms with Crippen molar-refractivity contribution in [3.63, 3.8) is 0 Å². The summed E-state index contributed by atoms with van der Waals surface area (Å²) in [5.41, 5.74) is 0.